The highest BCUT2D eigenvalue weighted by molar-refractivity contribution is 6.02. The predicted molar refractivity (Wildman–Crippen MR) is 111 cm³/mol. The van der Waals surface area contributed by atoms with Crippen molar-refractivity contribution < 1.29 is 19.4 Å². The molecule has 0 bridgehead atoms. The fraction of sp³-hybridized carbons (Fsp3) is 0.350. The molecule has 1 aromatic carbocycles. The average Bonchev–Trinajstić information content (AvgIpc) is 2.71. The van der Waals surface area contributed by atoms with E-state index >= 15 is 0 Å². The van der Waals surface area contributed by atoms with Gasteiger partial charge in [0.1, 0.15) is 11.3 Å². The Morgan fingerprint density at radius 1 is 1.30 bits per heavy atom. The lowest BCUT2D eigenvalue weighted by molar-refractivity contribution is 0.0694. The number of fused-ring (bicyclic) bond motifs is 3. The van der Waals surface area contributed by atoms with Crippen LogP contribution in [-0.2, 0) is 17.7 Å². The van der Waals surface area contributed by atoms with E-state index in [2.05, 4.69) is 5.10 Å². The molecule has 2 heterocycles. The summed E-state index contributed by atoms with van der Waals surface area (Å²) >= 11 is 0. The van der Waals surface area contributed by atoms with E-state index in [-0.39, 0.29) is 5.56 Å². The molecule has 0 saturated heterocycles. The number of aromatic nitrogens is 1. The molecule has 1 aliphatic rings. The normalized spacial score (nSPS) is 12.8. The molecular formula is C20H25N5O5. The number of aryl methyl sites for hydroxylation is 2. The first-order valence-corrected chi connectivity index (χ1v) is 9.40. The van der Waals surface area contributed by atoms with Gasteiger partial charge < -0.3 is 25.0 Å². The van der Waals surface area contributed by atoms with Crippen LogP contribution in [0.1, 0.15) is 27.9 Å². The van der Waals surface area contributed by atoms with Crippen LogP contribution in [0.15, 0.2) is 34.3 Å². The summed E-state index contributed by atoms with van der Waals surface area (Å²) in [6.07, 6.45) is 2.73. The number of aromatic carboxylic acids is 1. The van der Waals surface area contributed by atoms with Crippen LogP contribution >= 0.6 is 0 Å². The van der Waals surface area contributed by atoms with Crippen molar-refractivity contribution in [2.24, 2.45) is 16.8 Å². The van der Waals surface area contributed by atoms with E-state index in [1.54, 1.807) is 18.7 Å². The third-order valence-corrected chi connectivity index (χ3v) is 4.91. The van der Waals surface area contributed by atoms with Gasteiger partial charge in [-0.2, -0.15) is 5.10 Å². The second-order valence-electron chi connectivity index (χ2n) is 6.95. The second kappa shape index (κ2) is 8.97. The van der Waals surface area contributed by atoms with Crippen molar-refractivity contribution in [2.45, 2.75) is 19.4 Å². The second-order valence-corrected chi connectivity index (χ2v) is 6.95. The summed E-state index contributed by atoms with van der Waals surface area (Å²) in [4.78, 5) is 23.6. The van der Waals surface area contributed by atoms with Crippen molar-refractivity contribution in [2.75, 3.05) is 27.4 Å². The molecule has 0 spiro atoms. The zero-order valence-electron chi connectivity index (χ0n) is 16.9. The number of benzene rings is 1. The average molecular weight is 415 g/mol. The minimum atomic E-state index is -1.25. The maximum atomic E-state index is 12.3. The van der Waals surface area contributed by atoms with Crippen LogP contribution in [0, 0.1) is 0 Å². The van der Waals surface area contributed by atoms with Gasteiger partial charge in [0.15, 0.2) is 11.3 Å². The first kappa shape index (κ1) is 21.3. The number of carboxylic acid groups (broad SMARTS) is 1. The summed E-state index contributed by atoms with van der Waals surface area (Å²) in [5, 5.41) is 14.3. The van der Waals surface area contributed by atoms with E-state index in [0.717, 1.165) is 11.1 Å². The molecule has 30 heavy (non-hydrogen) atoms. The summed E-state index contributed by atoms with van der Waals surface area (Å²) in [6, 6.07) is 5.06. The highest BCUT2D eigenvalue weighted by Crippen LogP contribution is 2.35. The Hall–Kier alpha value is -3.37. The monoisotopic (exact) mass is 415 g/mol. The molecule has 1 aromatic heterocycles. The maximum absolute atomic E-state index is 12.3. The van der Waals surface area contributed by atoms with Gasteiger partial charge in [-0.05, 0) is 24.1 Å². The van der Waals surface area contributed by atoms with Gasteiger partial charge >= 0.3 is 5.97 Å². The summed E-state index contributed by atoms with van der Waals surface area (Å²) in [5.74, 6) is 11.1. The van der Waals surface area contributed by atoms with Crippen LogP contribution in [0.4, 0.5) is 0 Å². The maximum Gasteiger partial charge on any atom is 0.341 e. The highest BCUT2D eigenvalue weighted by atomic mass is 16.5. The van der Waals surface area contributed by atoms with Gasteiger partial charge in [0, 0.05) is 51.6 Å². The van der Waals surface area contributed by atoms with E-state index in [1.165, 1.54) is 17.3 Å². The number of hydrogen-bond donors (Lipinski definition) is 3. The van der Waals surface area contributed by atoms with Crippen LogP contribution in [0.3, 0.4) is 0 Å². The van der Waals surface area contributed by atoms with Crippen molar-refractivity contribution in [3.63, 3.8) is 0 Å². The van der Waals surface area contributed by atoms with Crippen molar-refractivity contribution in [3.8, 4) is 17.0 Å². The van der Waals surface area contributed by atoms with E-state index in [4.69, 9.17) is 21.2 Å². The predicted octanol–water partition coefficient (Wildman–Crippen LogP) is 0.611. The van der Waals surface area contributed by atoms with E-state index < -0.39 is 11.4 Å². The van der Waals surface area contributed by atoms with E-state index in [0.29, 0.717) is 55.4 Å². The lowest BCUT2D eigenvalue weighted by Gasteiger charge is -2.26. The SMILES string of the molecule is COCCCOc1cc2c(cc1/C(=N/N)N(C)N)-c1cc(=O)c(C(=O)O)cn1CC2. The molecule has 0 saturated carbocycles. The number of rotatable bonds is 7. The number of carboxylic acids is 1. The van der Waals surface area contributed by atoms with Gasteiger partial charge in [0.2, 0.25) is 0 Å². The van der Waals surface area contributed by atoms with Gasteiger partial charge in [-0.15, -0.1) is 0 Å². The molecule has 10 heteroatoms. The van der Waals surface area contributed by atoms with Gasteiger partial charge in [-0.1, -0.05) is 0 Å². The largest absolute Gasteiger partial charge is 0.493 e. The Labute approximate surface area is 173 Å². The fourth-order valence-electron chi connectivity index (χ4n) is 3.49. The summed E-state index contributed by atoms with van der Waals surface area (Å²) < 4.78 is 12.8. The zero-order valence-corrected chi connectivity index (χ0v) is 16.9. The number of hydrazone groups is 1. The first-order valence-electron chi connectivity index (χ1n) is 9.40. The number of hydrazine groups is 1. The van der Waals surface area contributed by atoms with Crippen molar-refractivity contribution in [1.29, 1.82) is 0 Å². The Morgan fingerprint density at radius 3 is 2.70 bits per heavy atom. The molecule has 0 amide bonds. The van der Waals surface area contributed by atoms with E-state index in [9.17, 15) is 14.7 Å². The molecule has 0 aliphatic carbocycles. The molecule has 0 fully saturated rings. The number of amidine groups is 1. The zero-order chi connectivity index (χ0) is 21.8. The van der Waals surface area contributed by atoms with Crippen molar-refractivity contribution in [3.05, 3.63) is 51.3 Å². The van der Waals surface area contributed by atoms with E-state index in [1.807, 2.05) is 12.1 Å². The number of ether oxygens (including phenoxy) is 2. The Kier molecular flexibility index (Phi) is 6.38. The van der Waals surface area contributed by atoms with Crippen molar-refractivity contribution >= 4 is 11.8 Å². The third-order valence-electron chi connectivity index (χ3n) is 4.91. The molecule has 0 radical (unpaired) electrons. The van der Waals surface area contributed by atoms with Crippen LogP contribution in [0.2, 0.25) is 0 Å². The van der Waals surface area contributed by atoms with Crippen LogP contribution < -0.4 is 21.9 Å². The lowest BCUT2D eigenvalue weighted by Crippen LogP contribution is -2.35. The molecule has 3 rings (SSSR count). The summed E-state index contributed by atoms with van der Waals surface area (Å²) in [7, 11) is 3.24. The Bertz CT molecular complexity index is 1040. The fourth-order valence-corrected chi connectivity index (χ4v) is 3.49. The third kappa shape index (κ3) is 4.14. The Balaban J connectivity index is 2.13. The number of nitrogens with two attached hydrogens (primary N) is 2. The number of pyridine rings is 1. The minimum Gasteiger partial charge on any atom is -0.493 e. The summed E-state index contributed by atoms with van der Waals surface area (Å²) in [6.45, 7) is 1.54. The Morgan fingerprint density at radius 2 is 2.07 bits per heavy atom. The van der Waals surface area contributed by atoms with Crippen LogP contribution in [0.25, 0.3) is 11.3 Å². The number of methoxy groups -OCH3 is 1. The standard InChI is InChI=1S/C20H25N5O5/c1-24(22)19(23-21)14-9-13-12(8-18(14)30-7-3-6-29-2)4-5-25-11-15(20(27)28)17(26)10-16(13)25/h8-11H,3-7,21-22H2,1-2H3,(H,27,28)/b23-19-. The molecule has 0 unspecified atom stereocenters. The van der Waals surface area contributed by atoms with Gasteiger partial charge in [0.05, 0.1) is 17.9 Å². The molecule has 10 nitrogen and oxygen atoms in total. The number of nitrogens with zero attached hydrogens (tertiary/aromatic N) is 3. The minimum absolute atomic E-state index is 0.258. The van der Waals surface area contributed by atoms with Crippen LogP contribution in [0.5, 0.6) is 5.75 Å². The quantitative estimate of drug-likeness (QED) is 0.196. The summed E-state index contributed by atoms with van der Waals surface area (Å²) in [5.41, 5.74) is 2.13. The molecular weight excluding hydrogens is 390 g/mol. The van der Waals surface area contributed by atoms with Crippen molar-refractivity contribution in [1.82, 2.24) is 9.58 Å². The molecule has 160 valence electrons. The lowest BCUT2D eigenvalue weighted by atomic mass is 9.93. The smallest absolute Gasteiger partial charge is 0.341 e. The number of hydrogen-bond acceptors (Lipinski definition) is 7. The molecule has 1 aliphatic heterocycles. The molecule has 2 aromatic rings. The molecule has 0 atom stereocenters. The van der Waals surface area contributed by atoms with Gasteiger partial charge in [0.25, 0.3) is 0 Å². The number of carbonyl (C=O) groups is 1. The molecule has 5 N–H and O–H groups in total. The highest BCUT2D eigenvalue weighted by Gasteiger charge is 2.24. The topological polar surface area (TPSA) is 145 Å². The first-order chi connectivity index (χ1) is 14.4. The van der Waals surface area contributed by atoms with Gasteiger partial charge in [-0.3, -0.25) is 9.80 Å². The van der Waals surface area contributed by atoms with Crippen LogP contribution in [-0.4, -0.2) is 53.9 Å². The van der Waals surface area contributed by atoms with Gasteiger partial charge in [-0.25, -0.2) is 10.6 Å².